The number of hydrogen-bond acceptors (Lipinski definition) is 6. The van der Waals surface area contributed by atoms with Crippen molar-refractivity contribution in [3.8, 4) is 5.75 Å². The summed E-state index contributed by atoms with van der Waals surface area (Å²) < 4.78 is 39.5. The van der Waals surface area contributed by atoms with Crippen molar-refractivity contribution in [2.24, 2.45) is 17.8 Å². The van der Waals surface area contributed by atoms with Crippen LogP contribution in [0.4, 0.5) is 14.8 Å². The van der Waals surface area contributed by atoms with Gasteiger partial charge in [0, 0.05) is 37.6 Å². The molecule has 6 nitrogen and oxygen atoms in total. The van der Waals surface area contributed by atoms with Gasteiger partial charge in [-0.3, -0.25) is 4.79 Å². The number of ether oxygens (including phenoxy) is 1. The zero-order valence-electron chi connectivity index (χ0n) is 19.7. The average Bonchev–Trinajstić information content (AvgIpc) is 3.36. The summed E-state index contributed by atoms with van der Waals surface area (Å²) in [4.78, 5) is 18.6. The van der Waals surface area contributed by atoms with Crippen molar-refractivity contribution in [3.63, 3.8) is 0 Å². The molecule has 1 aliphatic carbocycles. The summed E-state index contributed by atoms with van der Waals surface area (Å²) in [7, 11) is 0. The van der Waals surface area contributed by atoms with Crippen molar-refractivity contribution >= 4 is 11.8 Å². The molecule has 0 bridgehead atoms. The molecule has 1 aromatic heterocycles. The van der Waals surface area contributed by atoms with Crippen LogP contribution in [-0.2, 0) is 0 Å². The molecule has 1 saturated carbocycles. The van der Waals surface area contributed by atoms with Crippen LogP contribution in [0, 0.1) is 29.4 Å². The normalized spacial score (nSPS) is 21.0. The first-order chi connectivity index (χ1) is 15.9. The van der Waals surface area contributed by atoms with E-state index in [-0.39, 0.29) is 18.1 Å². The molecule has 1 aromatic carbocycles. The first-order valence-corrected chi connectivity index (χ1v) is 12.1. The second-order valence-electron chi connectivity index (χ2n) is 9.65. The average molecular weight is 462 g/mol. The van der Waals surface area contributed by atoms with E-state index in [0.717, 1.165) is 50.3 Å². The fourth-order valence-corrected chi connectivity index (χ4v) is 4.87. The largest absolute Gasteiger partial charge is 0.493 e. The molecule has 180 valence electrons. The summed E-state index contributed by atoms with van der Waals surface area (Å²) >= 11 is 0. The molecule has 2 aliphatic rings. The number of nitrogens with zero attached hydrogens (tertiary/aromatic N) is 3. The van der Waals surface area contributed by atoms with Crippen LogP contribution in [-0.4, -0.2) is 35.6 Å². The lowest BCUT2D eigenvalue weighted by molar-refractivity contribution is 0.0973. The molecule has 2 fully saturated rings. The lowest BCUT2D eigenvalue weighted by Crippen LogP contribution is -2.34. The molecule has 1 unspecified atom stereocenters. The summed E-state index contributed by atoms with van der Waals surface area (Å²) in [5, 5.41) is 4.06. The maximum absolute atomic E-state index is 14.2. The summed E-state index contributed by atoms with van der Waals surface area (Å²) in [5.74, 6) is 0.902. The summed E-state index contributed by atoms with van der Waals surface area (Å²) in [6.45, 7) is 8.16. The van der Waals surface area contributed by atoms with Gasteiger partial charge in [-0.15, -0.1) is 0 Å². The Balaban J connectivity index is 1.20. The highest BCUT2D eigenvalue weighted by atomic mass is 19.1. The van der Waals surface area contributed by atoms with Crippen LogP contribution in [0.2, 0.25) is 0 Å². The minimum atomic E-state index is -0.846. The van der Waals surface area contributed by atoms with Crippen LogP contribution in [0.5, 0.6) is 5.75 Å². The Morgan fingerprint density at radius 1 is 1.24 bits per heavy atom. The van der Waals surface area contributed by atoms with Gasteiger partial charge in [0.1, 0.15) is 17.4 Å². The highest BCUT2D eigenvalue weighted by Gasteiger charge is 2.43. The molecule has 0 spiro atoms. The van der Waals surface area contributed by atoms with Crippen LogP contribution in [0.15, 0.2) is 16.7 Å². The number of hydrogen-bond donors (Lipinski definition) is 0. The number of carbonyl (C=O) groups is 1. The Kier molecular flexibility index (Phi) is 7.29. The first kappa shape index (κ1) is 23.6. The number of Topliss-reactive ketones (excluding diaryl/α,β-unsaturated/α-hetero) is 1. The van der Waals surface area contributed by atoms with E-state index in [1.165, 1.54) is 6.42 Å². The van der Waals surface area contributed by atoms with Crippen LogP contribution in [0.25, 0.3) is 0 Å². The fraction of sp³-hybridized carbons (Fsp3) is 0.640. The van der Waals surface area contributed by atoms with E-state index in [0.29, 0.717) is 36.8 Å². The monoisotopic (exact) mass is 461 g/mol. The van der Waals surface area contributed by atoms with E-state index in [1.54, 1.807) is 6.92 Å². The molecule has 2 aromatic rings. The van der Waals surface area contributed by atoms with Gasteiger partial charge in [0.2, 0.25) is 0 Å². The second kappa shape index (κ2) is 10.2. The second-order valence-corrected chi connectivity index (χ2v) is 9.65. The molecule has 33 heavy (non-hydrogen) atoms. The van der Waals surface area contributed by atoms with Crippen molar-refractivity contribution in [3.05, 3.63) is 35.2 Å². The van der Waals surface area contributed by atoms with Gasteiger partial charge in [0.25, 0.3) is 0 Å². The van der Waals surface area contributed by atoms with Crippen molar-refractivity contribution < 1.29 is 22.8 Å². The number of carbonyl (C=O) groups excluding carboxylic acids is 1. The lowest BCUT2D eigenvalue weighted by atomic mass is 9.90. The van der Waals surface area contributed by atoms with Gasteiger partial charge in [-0.05, 0) is 49.9 Å². The number of rotatable bonds is 10. The van der Waals surface area contributed by atoms with Crippen LogP contribution in [0.3, 0.4) is 0 Å². The van der Waals surface area contributed by atoms with E-state index in [2.05, 4.69) is 15.0 Å². The van der Waals surface area contributed by atoms with Crippen LogP contribution < -0.4 is 9.64 Å². The molecule has 2 heterocycles. The van der Waals surface area contributed by atoms with Gasteiger partial charge < -0.3 is 14.2 Å². The van der Waals surface area contributed by atoms with Crippen molar-refractivity contribution in [2.75, 3.05) is 24.6 Å². The van der Waals surface area contributed by atoms with Gasteiger partial charge in [-0.2, -0.15) is 4.98 Å². The summed E-state index contributed by atoms with van der Waals surface area (Å²) in [5.41, 5.74) is -0.459. The van der Waals surface area contributed by atoms with Crippen LogP contribution >= 0.6 is 0 Å². The van der Waals surface area contributed by atoms with Gasteiger partial charge in [0.05, 0.1) is 12.2 Å². The number of aromatic nitrogens is 2. The minimum absolute atomic E-state index is 0.129. The van der Waals surface area contributed by atoms with E-state index < -0.39 is 23.0 Å². The third kappa shape index (κ3) is 5.53. The molecular weight excluding hydrogens is 428 g/mol. The highest BCUT2D eigenvalue weighted by molar-refractivity contribution is 5.96. The molecule has 0 radical (unpaired) electrons. The Morgan fingerprint density at radius 2 is 1.94 bits per heavy atom. The predicted octanol–water partition coefficient (Wildman–Crippen LogP) is 5.78. The number of anilines is 1. The standard InChI is InChI=1S/C25H33F2N3O3/c1-4-5-22(31)23-20(26)13-18(14-21(23)27)32-11-8-17-12-19(17)16-6-9-30(10-7-16)25-28-24(15(2)3)29-33-25/h13-17,19H,4-12H2,1-3H3/t17?,19-/m1/s1. The topological polar surface area (TPSA) is 68.5 Å². The molecule has 4 rings (SSSR count). The number of benzene rings is 1. The Hall–Kier alpha value is -2.51. The molecule has 1 saturated heterocycles. The molecule has 2 atom stereocenters. The smallest absolute Gasteiger partial charge is 0.324 e. The summed E-state index contributed by atoms with van der Waals surface area (Å²) in [6.07, 6.45) is 4.93. The lowest BCUT2D eigenvalue weighted by Gasteiger charge is -2.30. The van der Waals surface area contributed by atoms with E-state index in [9.17, 15) is 13.6 Å². The molecule has 1 aliphatic heterocycles. The SMILES string of the molecule is CCCC(=O)c1c(F)cc(OCCC2C[C@@H]2C2CCN(c3nc(C(C)C)no3)CC2)cc1F. The highest BCUT2D eigenvalue weighted by Crippen LogP contribution is 2.50. The summed E-state index contributed by atoms with van der Waals surface area (Å²) in [6, 6.07) is 2.86. The predicted molar refractivity (Wildman–Crippen MR) is 121 cm³/mol. The van der Waals surface area contributed by atoms with Gasteiger partial charge in [-0.1, -0.05) is 25.9 Å². The maximum Gasteiger partial charge on any atom is 0.324 e. The Morgan fingerprint density at radius 3 is 2.55 bits per heavy atom. The number of piperidine rings is 1. The first-order valence-electron chi connectivity index (χ1n) is 12.1. The van der Waals surface area contributed by atoms with E-state index in [4.69, 9.17) is 9.26 Å². The molecule has 8 heteroatoms. The van der Waals surface area contributed by atoms with Crippen molar-refractivity contribution in [1.82, 2.24) is 10.1 Å². The number of ketones is 1. The fourth-order valence-electron chi connectivity index (χ4n) is 4.87. The van der Waals surface area contributed by atoms with Gasteiger partial charge in [0.15, 0.2) is 11.6 Å². The number of halogens is 2. The third-order valence-electron chi connectivity index (χ3n) is 6.87. The van der Waals surface area contributed by atoms with E-state index >= 15 is 0 Å². The zero-order chi connectivity index (χ0) is 23.5. The zero-order valence-corrected chi connectivity index (χ0v) is 19.7. The van der Waals surface area contributed by atoms with Gasteiger partial charge in [-0.25, -0.2) is 8.78 Å². The van der Waals surface area contributed by atoms with Crippen molar-refractivity contribution in [1.29, 1.82) is 0 Å². The van der Waals surface area contributed by atoms with Crippen molar-refractivity contribution in [2.45, 2.75) is 65.2 Å². The Labute approximate surface area is 193 Å². The quantitative estimate of drug-likeness (QED) is 0.418. The van der Waals surface area contributed by atoms with E-state index in [1.807, 2.05) is 13.8 Å². The molecular formula is C25H33F2N3O3. The minimum Gasteiger partial charge on any atom is -0.493 e. The molecule has 0 N–H and O–H groups in total. The Bertz CT molecular complexity index is 947. The van der Waals surface area contributed by atoms with Crippen LogP contribution in [0.1, 0.15) is 81.4 Å². The molecule has 0 amide bonds. The third-order valence-corrected chi connectivity index (χ3v) is 6.87. The van der Waals surface area contributed by atoms with Gasteiger partial charge >= 0.3 is 6.01 Å². The maximum atomic E-state index is 14.2.